The minimum absolute atomic E-state index is 0.0762. The van der Waals surface area contributed by atoms with Gasteiger partial charge in [0.1, 0.15) is 0 Å². The van der Waals surface area contributed by atoms with Crippen molar-refractivity contribution in [1.29, 1.82) is 0 Å². The normalized spacial score (nSPS) is 17.8. The molecule has 2 aliphatic heterocycles. The minimum atomic E-state index is 0.0762. The van der Waals surface area contributed by atoms with Gasteiger partial charge in [-0.3, -0.25) is 4.79 Å². The number of carbonyl (C=O) groups excluding carboxylic acids is 1. The average molecular weight is 426 g/mol. The fourth-order valence-corrected chi connectivity index (χ4v) is 4.63. The van der Waals surface area contributed by atoms with Gasteiger partial charge in [-0.1, -0.05) is 12.1 Å². The quantitative estimate of drug-likeness (QED) is 0.712. The summed E-state index contributed by atoms with van der Waals surface area (Å²) in [5, 5.41) is 12.0. The molecule has 0 bridgehead atoms. The number of carbonyl (C=O) groups is 1. The van der Waals surface area contributed by atoms with Gasteiger partial charge in [-0.15, -0.1) is 22.0 Å². The average Bonchev–Trinajstić information content (AvgIpc) is 2.83. The number of hydrogen-bond donors (Lipinski definition) is 1. The van der Waals surface area contributed by atoms with E-state index in [4.69, 9.17) is 0 Å². The second-order valence-corrected chi connectivity index (χ2v) is 9.00. The van der Waals surface area contributed by atoms with Gasteiger partial charge in [0.2, 0.25) is 5.91 Å². The van der Waals surface area contributed by atoms with Crippen LogP contribution in [0.4, 0.5) is 11.6 Å². The number of nitrogens with zero attached hydrogens (tertiary/aromatic N) is 4. The molecule has 4 rings (SSSR count). The summed E-state index contributed by atoms with van der Waals surface area (Å²) in [6.07, 6.45) is 7.57. The molecule has 1 aromatic heterocycles. The minimum Gasteiger partial charge on any atom is -0.355 e. The summed E-state index contributed by atoms with van der Waals surface area (Å²) in [7, 11) is 0. The van der Waals surface area contributed by atoms with Crippen molar-refractivity contribution in [2.24, 2.45) is 5.92 Å². The molecule has 0 radical (unpaired) electrons. The van der Waals surface area contributed by atoms with Gasteiger partial charge in [-0.2, -0.15) is 0 Å². The highest BCUT2D eigenvalue weighted by Gasteiger charge is 2.25. The summed E-state index contributed by atoms with van der Waals surface area (Å²) in [4.78, 5) is 18.4. The number of anilines is 2. The summed E-state index contributed by atoms with van der Waals surface area (Å²) in [5.74, 6) is 2.14. The van der Waals surface area contributed by atoms with Crippen LogP contribution in [0.2, 0.25) is 0 Å². The molecule has 0 aliphatic carbocycles. The Hall–Kier alpha value is -2.28. The van der Waals surface area contributed by atoms with Crippen molar-refractivity contribution in [3.05, 3.63) is 42.0 Å². The molecule has 1 aromatic carbocycles. The molecule has 1 amide bonds. The Kier molecular flexibility index (Phi) is 7.10. The highest BCUT2D eigenvalue weighted by molar-refractivity contribution is 7.98. The van der Waals surface area contributed by atoms with E-state index in [1.807, 2.05) is 0 Å². The van der Waals surface area contributed by atoms with Gasteiger partial charge in [0, 0.05) is 43.5 Å². The molecule has 2 aromatic rings. The first kappa shape index (κ1) is 21.0. The SMILES string of the molecule is CSc1ccc(CNC(=O)C2CCN(c3ccc(N4CCCCC4)nn3)CC2)cc1. The van der Waals surface area contributed by atoms with Crippen molar-refractivity contribution in [1.82, 2.24) is 15.5 Å². The van der Waals surface area contributed by atoms with Gasteiger partial charge >= 0.3 is 0 Å². The van der Waals surface area contributed by atoms with Crippen molar-refractivity contribution >= 4 is 29.3 Å². The monoisotopic (exact) mass is 425 g/mol. The molecule has 160 valence electrons. The Labute approximate surface area is 183 Å². The molecule has 0 unspecified atom stereocenters. The van der Waals surface area contributed by atoms with E-state index in [0.29, 0.717) is 6.54 Å². The summed E-state index contributed by atoms with van der Waals surface area (Å²) in [5.41, 5.74) is 1.14. The summed E-state index contributed by atoms with van der Waals surface area (Å²) in [6, 6.07) is 12.5. The topological polar surface area (TPSA) is 61.4 Å². The Balaban J connectivity index is 1.24. The zero-order valence-corrected chi connectivity index (χ0v) is 18.5. The third kappa shape index (κ3) is 5.25. The van der Waals surface area contributed by atoms with E-state index in [-0.39, 0.29) is 11.8 Å². The van der Waals surface area contributed by atoms with Crippen LogP contribution >= 0.6 is 11.8 Å². The third-order valence-electron chi connectivity index (χ3n) is 6.13. The van der Waals surface area contributed by atoms with Gasteiger partial charge in [-0.05, 0) is 68.2 Å². The van der Waals surface area contributed by atoms with Crippen LogP contribution in [0.1, 0.15) is 37.7 Å². The molecule has 2 fully saturated rings. The maximum absolute atomic E-state index is 12.6. The molecule has 2 saturated heterocycles. The summed E-state index contributed by atoms with van der Waals surface area (Å²) >= 11 is 1.73. The van der Waals surface area contributed by atoms with Crippen molar-refractivity contribution < 1.29 is 4.79 Å². The molecule has 2 aliphatic rings. The van der Waals surface area contributed by atoms with Crippen molar-refractivity contribution in [3.8, 4) is 0 Å². The molecule has 1 N–H and O–H groups in total. The molecule has 0 atom stereocenters. The van der Waals surface area contributed by atoms with Gasteiger partial charge in [0.05, 0.1) is 0 Å². The van der Waals surface area contributed by atoms with Crippen LogP contribution in [0.25, 0.3) is 0 Å². The first-order chi connectivity index (χ1) is 14.7. The number of amides is 1. The molecule has 7 heteroatoms. The molecule has 0 spiro atoms. The fourth-order valence-electron chi connectivity index (χ4n) is 4.23. The molecular weight excluding hydrogens is 394 g/mol. The van der Waals surface area contributed by atoms with Crippen molar-refractivity contribution in [2.45, 2.75) is 43.5 Å². The smallest absolute Gasteiger partial charge is 0.223 e. The Morgan fingerprint density at radius 2 is 1.53 bits per heavy atom. The van der Waals surface area contributed by atoms with Gasteiger partial charge in [0.25, 0.3) is 0 Å². The lowest BCUT2D eigenvalue weighted by molar-refractivity contribution is -0.125. The van der Waals surface area contributed by atoms with Gasteiger partial charge in [-0.25, -0.2) is 0 Å². The lowest BCUT2D eigenvalue weighted by Crippen LogP contribution is -2.40. The van der Waals surface area contributed by atoms with Crippen molar-refractivity contribution in [2.75, 3.05) is 42.2 Å². The van der Waals surface area contributed by atoms with Crippen LogP contribution in [0.15, 0.2) is 41.3 Å². The molecule has 30 heavy (non-hydrogen) atoms. The van der Waals surface area contributed by atoms with Crippen LogP contribution in [0.5, 0.6) is 0 Å². The zero-order chi connectivity index (χ0) is 20.8. The summed E-state index contributed by atoms with van der Waals surface area (Å²) in [6.45, 7) is 4.44. The second kappa shape index (κ2) is 10.2. The maximum atomic E-state index is 12.6. The van der Waals surface area contributed by atoms with Crippen LogP contribution in [-0.2, 0) is 11.3 Å². The molecule has 3 heterocycles. The Bertz CT molecular complexity index is 812. The first-order valence-corrected chi connectivity index (χ1v) is 12.2. The highest BCUT2D eigenvalue weighted by atomic mass is 32.2. The van der Waals surface area contributed by atoms with Crippen LogP contribution in [-0.4, -0.2) is 48.5 Å². The number of thioether (sulfide) groups is 1. The molecule has 6 nitrogen and oxygen atoms in total. The van der Waals surface area contributed by atoms with E-state index in [1.165, 1.54) is 24.2 Å². The number of benzene rings is 1. The van der Waals surface area contributed by atoms with E-state index in [9.17, 15) is 4.79 Å². The standard InChI is InChI=1S/C23H31N5OS/c1-30-20-7-5-18(6-8-20)17-24-23(29)19-11-15-28(16-12-19)22-10-9-21(25-26-22)27-13-3-2-4-14-27/h5-10,19H,2-4,11-17H2,1H3,(H,24,29). The number of nitrogens with one attached hydrogen (secondary N) is 1. The lowest BCUT2D eigenvalue weighted by atomic mass is 9.96. The maximum Gasteiger partial charge on any atom is 0.223 e. The highest BCUT2D eigenvalue weighted by Crippen LogP contribution is 2.24. The van der Waals surface area contributed by atoms with Crippen LogP contribution in [0, 0.1) is 5.92 Å². The van der Waals surface area contributed by atoms with E-state index in [0.717, 1.165) is 56.2 Å². The predicted molar refractivity (Wildman–Crippen MR) is 123 cm³/mol. The largest absolute Gasteiger partial charge is 0.355 e. The van der Waals surface area contributed by atoms with E-state index >= 15 is 0 Å². The van der Waals surface area contributed by atoms with Crippen LogP contribution < -0.4 is 15.1 Å². The lowest BCUT2D eigenvalue weighted by Gasteiger charge is -2.32. The third-order valence-corrected chi connectivity index (χ3v) is 6.88. The van der Waals surface area contributed by atoms with Crippen molar-refractivity contribution in [3.63, 3.8) is 0 Å². The van der Waals surface area contributed by atoms with E-state index in [1.54, 1.807) is 11.8 Å². The molecule has 0 saturated carbocycles. The number of piperidine rings is 2. The zero-order valence-electron chi connectivity index (χ0n) is 17.7. The fraction of sp³-hybridized carbons (Fsp3) is 0.522. The number of rotatable bonds is 6. The van der Waals surface area contributed by atoms with Gasteiger partial charge < -0.3 is 15.1 Å². The second-order valence-electron chi connectivity index (χ2n) is 8.12. The summed E-state index contributed by atoms with van der Waals surface area (Å²) < 4.78 is 0. The number of aromatic nitrogens is 2. The first-order valence-electron chi connectivity index (χ1n) is 11.0. The van der Waals surface area contributed by atoms with Gasteiger partial charge in [0.15, 0.2) is 11.6 Å². The Morgan fingerprint density at radius 1 is 0.933 bits per heavy atom. The molecular formula is C23H31N5OS. The predicted octanol–water partition coefficient (Wildman–Crippen LogP) is 3.72. The number of hydrogen-bond acceptors (Lipinski definition) is 6. The van der Waals surface area contributed by atoms with Crippen LogP contribution in [0.3, 0.4) is 0 Å². The van der Waals surface area contributed by atoms with E-state index < -0.39 is 0 Å². The Morgan fingerprint density at radius 3 is 2.10 bits per heavy atom. The van der Waals surface area contributed by atoms with E-state index in [2.05, 4.69) is 68.0 Å².